The standard InChI is InChI=1S/2C26H54O3P.4C12H21O3.Ti/c2*1-3-5-7-9-11-13-15-17-19-21-23-25-28-30(27)29-26-24-22-20-18-16-14-12-10-8-6-4-2;4*1-4-7-14-10-12(6-3,9-13)11-15-8-5-2;/h2*3-26H2,1-2H3;4*4-5H,1-2,6-11H2,3H3;/q6*-1;+4/p+2. The van der Waals surface area contributed by atoms with E-state index in [1.807, 2.05) is 27.7 Å². The molecule has 0 unspecified atom stereocenters. The Labute approximate surface area is 768 Å². The van der Waals surface area contributed by atoms with E-state index in [1.54, 1.807) is 48.6 Å². The molecule has 0 radical (unpaired) electrons. The zero-order valence-corrected chi connectivity index (χ0v) is 83.3. The molecule has 0 bridgehead atoms. The molecule has 0 aromatic carbocycles. The Morgan fingerprint density at radius 1 is 0.215 bits per heavy atom. The molecule has 0 fully saturated rings. The minimum Gasteiger partial charge on any atom is -0.854 e. The number of ether oxygens (including phenoxy) is 8. The summed E-state index contributed by atoms with van der Waals surface area (Å²) in [4.78, 5) is 23.4. The Hall–Kier alpha value is -1.23. The van der Waals surface area contributed by atoms with Gasteiger partial charge < -0.3 is 86.2 Å². The molecule has 0 aromatic rings. The van der Waals surface area contributed by atoms with Crippen molar-refractivity contribution in [3.63, 3.8) is 0 Å². The molecule has 0 aliphatic rings. The Bertz CT molecular complexity index is 1690. The van der Waals surface area contributed by atoms with Gasteiger partial charge in [-0.25, -0.2) is 0 Å². The minimum absolute atomic E-state index is 0. The van der Waals surface area contributed by atoms with Crippen LogP contribution in [0, 0.1) is 21.7 Å². The van der Waals surface area contributed by atoms with E-state index in [-0.39, 0.29) is 51.0 Å². The molecule has 18 nitrogen and oxygen atoms in total. The average Bonchev–Trinajstić information content (AvgIpc) is 0.909. The van der Waals surface area contributed by atoms with Gasteiger partial charge in [-0.15, -0.1) is 79.1 Å². The summed E-state index contributed by atoms with van der Waals surface area (Å²) >= 11 is 0. The minimum atomic E-state index is -1.91. The number of rotatable bonds is 92. The van der Waals surface area contributed by atoms with Gasteiger partial charge in [0.25, 0.3) is 0 Å². The molecular formula is C100H194O18P2Ti. The second kappa shape index (κ2) is 113. The maximum Gasteiger partial charge on any atom is 4.00 e. The molecule has 0 saturated carbocycles. The summed E-state index contributed by atoms with van der Waals surface area (Å²) in [5.74, 6) is 0. The zero-order chi connectivity index (χ0) is 90.2. The van der Waals surface area contributed by atoms with E-state index in [0.29, 0.717) is 132 Å². The van der Waals surface area contributed by atoms with Crippen molar-refractivity contribution in [3.8, 4) is 0 Å². The molecule has 0 atom stereocenters. The summed E-state index contributed by atoms with van der Waals surface area (Å²) in [5.41, 5.74) is -1.64. The molecule has 0 aromatic heterocycles. The molecule has 0 heterocycles. The van der Waals surface area contributed by atoms with Gasteiger partial charge >= 0.3 is 24.6 Å². The smallest absolute Gasteiger partial charge is 0.854 e. The summed E-state index contributed by atoms with van der Waals surface area (Å²) in [6.45, 7) is 54.3. The molecule has 0 aliphatic carbocycles. The van der Waals surface area contributed by atoms with E-state index in [0.717, 1.165) is 51.4 Å². The third-order valence-electron chi connectivity index (χ3n) is 21.2. The Morgan fingerprint density at radius 3 is 0.430 bits per heavy atom. The van der Waals surface area contributed by atoms with Gasteiger partial charge in [-0.2, -0.15) is 0 Å². The average molecular weight is 1790 g/mol. The predicted octanol–water partition coefficient (Wildman–Crippen LogP) is 23.3. The molecule has 0 N–H and O–H groups in total. The quantitative estimate of drug-likeness (QED) is 0.0237. The van der Waals surface area contributed by atoms with E-state index in [4.69, 9.17) is 56.0 Å². The number of hydrogen-bond acceptors (Lipinski definition) is 18. The van der Waals surface area contributed by atoms with Crippen LogP contribution >= 0.6 is 17.2 Å². The van der Waals surface area contributed by atoms with Crippen LogP contribution in [0.2, 0.25) is 0 Å². The maximum absolute atomic E-state index is 11.7. The van der Waals surface area contributed by atoms with Crippen LogP contribution in [-0.2, 0) is 77.7 Å². The van der Waals surface area contributed by atoms with Gasteiger partial charge in [0.15, 0.2) is 0 Å². The molecule has 716 valence electrons. The molecule has 0 rings (SSSR count). The van der Waals surface area contributed by atoms with Gasteiger partial charge in [-0.1, -0.05) is 361 Å². The Balaban J connectivity index is -0.000000186. The fraction of sp³-hybridized carbons (Fsp3) is 0.840. The summed E-state index contributed by atoms with van der Waals surface area (Å²) in [6, 6.07) is 0. The maximum atomic E-state index is 11.7. The van der Waals surface area contributed by atoms with Gasteiger partial charge in [0.05, 0.1) is 149 Å². The number of hydrogen-bond donors (Lipinski definition) is 0. The molecule has 21 heteroatoms. The SMILES string of the molecule is C=CCOCC(CC)(C[O-])COCC=C.C=CCOCC(CC)(C[O-])COCC=C.C=CCOCC(CC)(C[O-])COCC=C.C=CCOCC(CC)(C[O-])COCC=C.CCCCCCCCCCCCCOP([O-])OCCCCCCCCCCCCC.CCCCCCCCCCCCCOP([O-])OCCCCCCCCCCCCC.[H+].[H+].[Ti+4]. The molecule has 121 heavy (non-hydrogen) atoms. The Morgan fingerprint density at radius 2 is 0.331 bits per heavy atom. The summed E-state index contributed by atoms with van der Waals surface area (Å²) in [5, 5.41) is 44.6. The van der Waals surface area contributed by atoms with E-state index >= 15 is 0 Å². The van der Waals surface area contributed by atoms with Crippen LogP contribution in [-0.4, -0.2) is 159 Å². The van der Waals surface area contributed by atoms with Gasteiger partial charge in [0.2, 0.25) is 0 Å². The van der Waals surface area contributed by atoms with Crippen LogP contribution in [0.15, 0.2) is 101 Å². The van der Waals surface area contributed by atoms with Crippen LogP contribution in [0.3, 0.4) is 0 Å². The van der Waals surface area contributed by atoms with Crippen LogP contribution in [0.5, 0.6) is 0 Å². The fourth-order valence-corrected chi connectivity index (χ4v) is 13.6. The van der Waals surface area contributed by atoms with Crippen molar-refractivity contribution in [2.75, 3.05) is 159 Å². The van der Waals surface area contributed by atoms with Crippen molar-refractivity contribution in [1.82, 2.24) is 0 Å². The summed E-state index contributed by atoms with van der Waals surface area (Å²) in [7, 11) is -3.81. The monoisotopic (exact) mass is 1790 g/mol. The van der Waals surface area contributed by atoms with E-state index in [9.17, 15) is 30.2 Å². The first kappa shape index (κ1) is 133. The normalized spacial score (nSPS) is 11.4. The molecular weight excluding hydrogens is 1600 g/mol. The first-order chi connectivity index (χ1) is 58.6. The molecule has 0 saturated heterocycles. The topological polar surface area (TPSA) is 249 Å². The second-order valence-electron chi connectivity index (χ2n) is 32.3. The van der Waals surface area contributed by atoms with E-state index in [1.165, 1.54) is 257 Å². The first-order valence-electron chi connectivity index (χ1n) is 47.9. The third kappa shape index (κ3) is 101. The van der Waals surface area contributed by atoms with Gasteiger partial charge in [0.1, 0.15) is 0 Å². The van der Waals surface area contributed by atoms with Gasteiger partial charge in [0, 0.05) is 21.7 Å². The van der Waals surface area contributed by atoms with Crippen LogP contribution in [0.4, 0.5) is 0 Å². The van der Waals surface area contributed by atoms with Gasteiger partial charge in [-0.3, -0.25) is 0 Å². The Kier molecular flexibility index (Phi) is 124. The summed E-state index contributed by atoms with van der Waals surface area (Å²) in [6.07, 6.45) is 74.4. The fourth-order valence-electron chi connectivity index (χ4n) is 12.3. The molecule has 0 amide bonds. The largest absolute Gasteiger partial charge is 4.00 e. The second-order valence-corrected chi connectivity index (χ2v) is 34.3. The van der Waals surface area contributed by atoms with Gasteiger partial charge in [-0.05, 0) is 51.4 Å². The predicted molar refractivity (Wildman–Crippen MR) is 504 cm³/mol. The van der Waals surface area contributed by atoms with Crippen molar-refractivity contribution >= 4 is 17.2 Å². The summed E-state index contributed by atoms with van der Waals surface area (Å²) < 4.78 is 63.9. The van der Waals surface area contributed by atoms with E-state index in [2.05, 4.69) is 80.3 Å². The van der Waals surface area contributed by atoms with Crippen molar-refractivity contribution in [3.05, 3.63) is 101 Å². The van der Waals surface area contributed by atoms with Crippen molar-refractivity contribution in [2.24, 2.45) is 21.7 Å². The van der Waals surface area contributed by atoms with Crippen molar-refractivity contribution in [2.45, 2.75) is 364 Å². The molecule has 0 spiro atoms. The molecule has 0 aliphatic heterocycles. The third-order valence-corrected chi connectivity index (χ3v) is 22.7. The van der Waals surface area contributed by atoms with Crippen molar-refractivity contribution in [1.29, 1.82) is 0 Å². The van der Waals surface area contributed by atoms with Crippen LogP contribution in [0.1, 0.15) is 366 Å². The zero-order valence-electron chi connectivity index (χ0n) is 81.9. The number of unbranched alkanes of at least 4 members (excludes halogenated alkanes) is 40. The van der Waals surface area contributed by atoms with E-state index < -0.39 is 38.9 Å². The van der Waals surface area contributed by atoms with Crippen molar-refractivity contribution < 1.29 is 111 Å². The van der Waals surface area contributed by atoms with Crippen LogP contribution < -0.4 is 30.2 Å². The first-order valence-corrected chi connectivity index (χ1v) is 50.1. The van der Waals surface area contributed by atoms with Crippen LogP contribution in [0.25, 0.3) is 0 Å².